The van der Waals surface area contributed by atoms with E-state index < -0.39 is 0 Å². The van der Waals surface area contributed by atoms with E-state index in [0.29, 0.717) is 19.5 Å². The van der Waals surface area contributed by atoms with E-state index in [1.54, 1.807) is 0 Å². The van der Waals surface area contributed by atoms with E-state index in [1.807, 2.05) is 36.4 Å². The lowest BCUT2D eigenvalue weighted by atomic mass is 9.86. The first kappa shape index (κ1) is 29.3. The number of ether oxygens (including phenoxy) is 2. The first-order valence-electron chi connectivity index (χ1n) is 12.8. The summed E-state index contributed by atoms with van der Waals surface area (Å²) in [5.41, 5.74) is 5.39. The maximum absolute atomic E-state index is 12.9. The van der Waals surface area contributed by atoms with Crippen molar-refractivity contribution in [2.45, 2.75) is 19.4 Å². The number of halogens is 3. The summed E-state index contributed by atoms with van der Waals surface area (Å²) in [4.78, 5) is 2.28. The molecule has 10 heteroatoms. The summed E-state index contributed by atoms with van der Waals surface area (Å²) in [6.45, 7) is 5.77. The molecule has 2 heterocycles. The van der Waals surface area contributed by atoms with Crippen LogP contribution in [-0.4, -0.2) is 37.8 Å². The van der Waals surface area contributed by atoms with Gasteiger partial charge in [-0.1, -0.05) is 24.3 Å². The number of hydrogen-bond acceptors (Lipinski definition) is 5. The summed E-state index contributed by atoms with van der Waals surface area (Å²) in [6.07, 6.45) is 0.648. The standard InChI is InChI=1S/C29H30FI2NO4P2/c1-19-26-16-25(37-39-32)9-10-27(26)35-29(28(19)22-3-2-4-24(15-22)36-38-31)21-5-7-23(8-6-21)34-14-13-33-12-11-20(17-30)18-33/h2-10,15-16,20,29,38-39H,11-14,17-18H2,1H3. The minimum absolute atomic E-state index is 0.177. The van der Waals surface area contributed by atoms with Crippen LogP contribution in [0.3, 0.4) is 0 Å². The predicted octanol–water partition coefficient (Wildman–Crippen LogP) is 9.07. The third-order valence-corrected chi connectivity index (χ3v) is 9.12. The van der Waals surface area contributed by atoms with Gasteiger partial charge < -0.3 is 18.5 Å². The molecular formula is C29H30FI2NO4P2. The zero-order valence-electron chi connectivity index (χ0n) is 21.5. The third-order valence-electron chi connectivity index (χ3n) is 7.17. The van der Waals surface area contributed by atoms with Crippen LogP contribution in [0.4, 0.5) is 4.39 Å². The Kier molecular flexibility index (Phi) is 10.6. The molecule has 0 spiro atoms. The number of hydrogen-bond donors (Lipinski definition) is 0. The van der Waals surface area contributed by atoms with E-state index in [9.17, 15) is 4.39 Å². The molecule has 0 bridgehead atoms. The molecule has 4 atom stereocenters. The minimum Gasteiger partial charge on any atom is -0.492 e. The zero-order chi connectivity index (χ0) is 27.2. The molecule has 2 aliphatic heterocycles. The van der Waals surface area contributed by atoms with Crippen LogP contribution in [0.5, 0.6) is 23.0 Å². The number of likely N-dealkylation sites (tertiary alicyclic amines) is 1. The van der Waals surface area contributed by atoms with Crippen molar-refractivity contribution >= 4 is 68.1 Å². The first-order valence-corrected chi connectivity index (χ1v) is 20.8. The normalized spacial score (nSPS) is 19.6. The molecule has 3 aromatic carbocycles. The Labute approximate surface area is 258 Å². The van der Waals surface area contributed by atoms with Gasteiger partial charge in [-0.2, -0.15) is 0 Å². The molecule has 3 aromatic rings. The quantitative estimate of drug-likeness (QED) is 0.143. The minimum atomic E-state index is -0.288. The van der Waals surface area contributed by atoms with Crippen LogP contribution in [0.1, 0.15) is 36.1 Å². The monoisotopic (exact) mass is 791 g/mol. The maximum Gasteiger partial charge on any atom is 0.150 e. The van der Waals surface area contributed by atoms with Crippen molar-refractivity contribution in [2.24, 2.45) is 5.92 Å². The number of nitrogens with zero attached hydrogens (tertiary/aromatic N) is 1. The number of rotatable bonds is 11. The summed E-state index contributed by atoms with van der Waals surface area (Å²) < 4.78 is 37.2. The number of alkyl halides is 1. The molecule has 0 saturated carbocycles. The van der Waals surface area contributed by atoms with E-state index >= 15 is 0 Å². The van der Waals surface area contributed by atoms with E-state index in [-0.39, 0.29) is 18.7 Å². The van der Waals surface area contributed by atoms with Crippen LogP contribution in [0.25, 0.3) is 11.1 Å². The Morgan fingerprint density at radius 1 is 0.974 bits per heavy atom. The summed E-state index contributed by atoms with van der Waals surface area (Å²) in [7, 11) is 0. The van der Waals surface area contributed by atoms with Crippen LogP contribution in [0, 0.1) is 5.92 Å². The molecule has 0 amide bonds. The molecule has 2 aliphatic rings. The molecule has 1 fully saturated rings. The van der Waals surface area contributed by atoms with Crippen molar-refractivity contribution in [1.29, 1.82) is 0 Å². The highest BCUT2D eigenvalue weighted by atomic mass is 127. The fraction of sp³-hybridized carbons (Fsp3) is 0.310. The SMILES string of the molecule is CC1=C(c2cccc(OPI)c2)C(c2ccc(OCCN3CCC(CF)C3)cc2)Oc2ccc(OPI)cc21. The number of benzene rings is 3. The molecule has 0 N–H and O–H groups in total. The summed E-state index contributed by atoms with van der Waals surface area (Å²) in [5, 5.41) is 0. The second kappa shape index (κ2) is 14.1. The molecule has 1 saturated heterocycles. The Morgan fingerprint density at radius 3 is 2.44 bits per heavy atom. The molecule has 206 valence electrons. The second-order valence-corrected chi connectivity index (χ2v) is 13.0. The molecule has 0 aromatic heterocycles. The highest BCUT2D eigenvalue weighted by molar-refractivity contribution is 14.2. The van der Waals surface area contributed by atoms with Crippen molar-refractivity contribution in [1.82, 2.24) is 4.90 Å². The van der Waals surface area contributed by atoms with Crippen molar-refractivity contribution in [3.63, 3.8) is 0 Å². The van der Waals surface area contributed by atoms with Gasteiger partial charge in [0.05, 0.1) is 6.67 Å². The van der Waals surface area contributed by atoms with Gasteiger partial charge in [0.1, 0.15) is 48.6 Å². The fourth-order valence-electron chi connectivity index (χ4n) is 5.19. The van der Waals surface area contributed by atoms with Gasteiger partial charge in [-0.15, -0.1) is 0 Å². The van der Waals surface area contributed by atoms with E-state index in [2.05, 4.69) is 86.2 Å². The average molecular weight is 791 g/mol. The zero-order valence-corrected chi connectivity index (χ0v) is 27.8. The van der Waals surface area contributed by atoms with Gasteiger partial charge in [0.15, 0.2) is 0 Å². The smallest absolute Gasteiger partial charge is 0.150 e. The van der Waals surface area contributed by atoms with Crippen molar-refractivity contribution in [2.75, 3.05) is 32.9 Å². The van der Waals surface area contributed by atoms with Crippen molar-refractivity contribution in [3.05, 3.63) is 83.4 Å². The summed E-state index contributed by atoms with van der Waals surface area (Å²) in [5.74, 6) is 3.51. The van der Waals surface area contributed by atoms with Gasteiger partial charge in [-0.3, -0.25) is 9.29 Å². The lowest BCUT2D eigenvalue weighted by Crippen LogP contribution is -2.26. The van der Waals surface area contributed by atoms with Crippen LogP contribution < -0.4 is 18.5 Å². The van der Waals surface area contributed by atoms with Gasteiger partial charge in [0, 0.05) is 30.1 Å². The summed E-state index contributed by atoms with van der Waals surface area (Å²) >= 11 is 4.47. The van der Waals surface area contributed by atoms with E-state index in [0.717, 1.165) is 76.9 Å². The topological polar surface area (TPSA) is 40.2 Å². The van der Waals surface area contributed by atoms with Crippen LogP contribution in [0.15, 0.2) is 66.7 Å². The Balaban J connectivity index is 1.40. The van der Waals surface area contributed by atoms with Gasteiger partial charge in [0.2, 0.25) is 0 Å². The lowest BCUT2D eigenvalue weighted by Gasteiger charge is -2.31. The molecule has 4 unspecified atom stereocenters. The fourth-order valence-corrected chi connectivity index (χ4v) is 7.15. The van der Waals surface area contributed by atoms with Gasteiger partial charge in [0.25, 0.3) is 0 Å². The average Bonchev–Trinajstić information content (AvgIpc) is 3.42. The van der Waals surface area contributed by atoms with Crippen LogP contribution >= 0.6 is 57.0 Å². The lowest BCUT2D eigenvalue weighted by molar-refractivity contribution is 0.228. The third kappa shape index (κ3) is 7.18. The first-order chi connectivity index (χ1) is 19.1. The van der Waals surface area contributed by atoms with Crippen molar-refractivity contribution < 1.29 is 22.9 Å². The number of fused-ring (bicyclic) bond motifs is 1. The second-order valence-electron chi connectivity index (χ2n) is 9.61. The van der Waals surface area contributed by atoms with E-state index in [4.69, 9.17) is 18.5 Å². The Bertz CT molecular complexity index is 1310. The molecule has 0 aliphatic carbocycles. The molecular weight excluding hydrogens is 761 g/mol. The Morgan fingerprint density at radius 2 is 1.72 bits per heavy atom. The van der Waals surface area contributed by atoms with Crippen LogP contribution in [-0.2, 0) is 0 Å². The highest BCUT2D eigenvalue weighted by Crippen LogP contribution is 2.48. The summed E-state index contributed by atoms with van der Waals surface area (Å²) in [6, 6.07) is 22.4. The molecule has 5 rings (SSSR count). The van der Waals surface area contributed by atoms with Gasteiger partial charge in [-0.05, 0) is 123 Å². The number of allylic oxidation sites excluding steroid dienone is 1. The molecule has 0 radical (unpaired) electrons. The van der Waals surface area contributed by atoms with Crippen LogP contribution in [0.2, 0.25) is 0 Å². The maximum atomic E-state index is 12.9. The highest BCUT2D eigenvalue weighted by Gasteiger charge is 2.30. The van der Waals surface area contributed by atoms with Gasteiger partial charge >= 0.3 is 0 Å². The molecule has 39 heavy (non-hydrogen) atoms. The Hall–Kier alpha value is -1.19. The molecule has 5 nitrogen and oxygen atoms in total. The predicted molar refractivity (Wildman–Crippen MR) is 177 cm³/mol. The largest absolute Gasteiger partial charge is 0.492 e. The van der Waals surface area contributed by atoms with Crippen molar-refractivity contribution in [3.8, 4) is 23.0 Å². The van der Waals surface area contributed by atoms with E-state index in [1.165, 1.54) is 0 Å². The van der Waals surface area contributed by atoms with Gasteiger partial charge in [-0.25, -0.2) is 0 Å².